The van der Waals surface area contributed by atoms with Crippen molar-refractivity contribution in [3.8, 4) is 22.9 Å². The average molecular weight is 602 g/mol. The molecule has 3 heterocycles. The monoisotopic (exact) mass is 601 g/mol. The standard InChI is InChI=1S/C42H26N4/c1-2-12-28-25-29(22-21-27(28)11-1)41-34-16-3-7-17-36(34)43-42(44-41)46-39-20-10-6-15-33(39)35-26-30(23-24-40(35)46)45-37-18-8-4-13-31(37)32-14-5-9-19-38(32)45/h1-26H/i4D,5D,6D,8D,9D,10D,13D,14D,15D,18D,19D,20D,23D,24D,26D. The van der Waals surface area contributed by atoms with Gasteiger partial charge in [0.05, 0.1) is 53.8 Å². The molecule has 0 unspecified atom stereocenters. The summed E-state index contributed by atoms with van der Waals surface area (Å²) in [6.45, 7) is 0. The van der Waals surface area contributed by atoms with Gasteiger partial charge in [0.15, 0.2) is 0 Å². The summed E-state index contributed by atoms with van der Waals surface area (Å²) in [5.41, 5.74) is -0.116. The van der Waals surface area contributed by atoms with E-state index in [4.69, 9.17) is 23.7 Å². The molecular formula is C42H26N4. The zero-order valence-corrected chi connectivity index (χ0v) is 23.6. The Labute approximate surface area is 285 Å². The number of hydrogen-bond acceptors (Lipinski definition) is 2. The maximum atomic E-state index is 9.86. The van der Waals surface area contributed by atoms with Crippen LogP contribution in [-0.4, -0.2) is 19.1 Å². The number of aromatic nitrogens is 4. The summed E-state index contributed by atoms with van der Waals surface area (Å²) in [4.78, 5) is 9.84. The summed E-state index contributed by atoms with van der Waals surface area (Å²) in [5, 5.41) is 1.49. The van der Waals surface area contributed by atoms with Gasteiger partial charge in [-0.05, 0) is 59.2 Å². The third kappa shape index (κ3) is 3.61. The number of rotatable bonds is 3. The second-order valence-corrected chi connectivity index (χ2v) is 10.7. The molecule has 0 atom stereocenters. The normalized spacial score (nSPS) is 16.5. The third-order valence-corrected chi connectivity index (χ3v) is 8.21. The van der Waals surface area contributed by atoms with Crippen molar-refractivity contribution in [3.63, 3.8) is 0 Å². The Morgan fingerprint density at radius 2 is 1.09 bits per heavy atom. The summed E-state index contributed by atoms with van der Waals surface area (Å²) >= 11 is 0. The number of benzene rings is 7. The molecule has 0 saturated carbocycles. The van der Waals surface area contributed by atoms with Gasteiger partial charge < -0.3 is 4.57 Å². The van der Waals surface area contributed by atoms with Crippen LogP contribution in [0.4, 0.5) is 0 Å². The van der Waals surface area contributed by atoms with Gasteiger partial charge in [-0.1, -0.05) is 109 Å². The second kappa shape index (κ2) is 9.62. The first-order chi connectivity index (χ1) is 29.1. The van der Waals surface area contributed by atoms with Crippen molar-refractivity contribution in [2.75, 3.05) is 0 Å². The maximum absolute atomic E-state index is 9.86. The van der Waals surface area contributed by atoms with Crippen LogP contribution >= 0.6 is 0 Å². The largest absolute Gasteiger partial charge is 0.309 e. The highest BCUT2D eigenvalue weighted by molar-refractivity contribution is 6.12. The van der Waals surface area contributed by atoms with E-state index in [-0.39, 0.29) is 49.6 Å². The van der Waals surface area contributed by atoms with Gasteiger partial charge in [0.1, 0.15) is 0 Å². The van der Waals surface area contributed by atoms with E-state index >= 15 is 0 Å². The molecule has 10 aromatic rings. The molecule has 0 fully saturated rings. The quantitative estimate of drug-likeness (QED) is 0.202. The lowest BCUT2D eigenvalue weighted by atomic mass is 10.0. The van der Waals surface area contributed by atoms with Gasteiger partial charge in [-0.2, -0.15) is 0 Å². The summed E-state index contributed by atoms with van der Waals surface area (Å²) < 4.78 is 137. The molecule has 0 spiro atoms. The first kappa shape index (κ1) is 14.7. The molecule has 4 heteroatoms. The minimum Gasteiger partial charge on any atom is -0.309 e. The van der Waals surface area contributed by atoms with Crippen LogP contribution in [0.1, 0.15) is 20.6 Å². The van der Waals surface area contributed by atoms with Gasteiger partial charge in [-0.25, -0.2) is 9.97 Å². The minimum absolute atomic E-state index is 0.132. The van der Waals surface area contributed by atoms with Crippen LogP contribution in [-0.2, 0) is 0 Å². The van der Waals surface area contributed by atoms with Crippen molar-refractivity contribution < 1.29 is 20.6 Å². The molecule has 10 rings (SSSR count). The zero-order chi connectivity index (χ0) is 43.2. The van der Waals surface area contributed by atoms with Gasteiger partial charge in [-0.3, -0.25) is 4.57 Å². The van der Waals surface area contributed by atoms with Crippen molar-refractivity contribution in [1.82, 2.24) is 19.1 Å². The van der Waals surface area contributed by atoms with Crippen LogP contribution in [0, 0.1) is 0 Å². The Hall–Kier alpha value is -6.26. The molecule has 0 aliphatic rings. The number of nitrogens with zero attached hydrogens (tertiary/aromatic N) is 4. The Kier molecular flexibility index (Phi) is 3.07. The zero-order valence-electron chi connectivity index (χ0n) is 38.6. The van der Waals surface area contributed by atoms with Crippen LogP contribution in [0.15, 0.2) is 157 Å². The minimum atomic E-state index is -0.719. The Morgan fingerprint density at radius 3 is 1.85 bits per heavy atom. The summed E-state index contributed by atoms with van der Waals surface area (Å²) in [6.07, 6.45) is 0. The predicted octanol–water partition coefficient (Wildman–Crippen LogP) is 10.6. The van der Waals surface area contributed by atoms with E-state index in [2.05, 4.69) is 0 Å². The van der Waals surface area contributed by atoms with Crippen molar-refractivity contribution in [2.45, 2.75) is 0 Å². The van der Waals surface area contributed by atoms with Crippen LogP contribution < -0.4 is 0 Å². The lowest BCUT2D eigenvalue weighted by Crippen LogP contribution is -2.03. The van der Waals surface area contributed by atoms with Crippen molar-refractivity contribution in [2.24, 2.45) is 0 Å². The molecule has 0 radical (unpaired) electrons. The van der Waals surface area contributed by atoms with Gasteiger partial charge >= 0.3 is 0 Å². The van der Waals surface area contributed by atoms with Crippen molar-refractivity contribution in [3.05, 3.63) is 157 Å². The lowest BCUT2D eigenvalue weighted by Gasteiger charge is -2.12. The van der Waals surface area contributed by atoms with E-state index in [1.807, 2.05) is 54.6 Å². The van der Waals surface area contributed by atoms with Crippen LogP contribution in [0.3, 0.4) is 0 Å². The van der Waals surface area contributed by atoms with E-state index in [1.54, 1.807) is 12.1 Å². The van der Waals surface area contributed by atoms with E-state index in [9.17, 15) is 6.85 Å². The highest BCUT2D eigenvalue weighted by Crippen LogP contribution is 2.37. The fourth-order valence-corrected chi connectivity index (χ4v) is 6.18. The van der Waals surface area contributed by atoms with Gasteiger partial charge in [0.2, 0.25) is 5.95 Å². The maximum Gasteiger partial charge on any atom is 0.235 e. The molecule has 3 aromatic heterocycles. The number of hydrogen-bond donors (Lipinski definition) is 0. The average Bonchev–Trinajstić information content (AvgIpc) is 3.81. The smallest absolute Gasteiger partial charge is 0.235 e. The predicted molar refractivity (Wildman–Crippen MR) is 191 cm³/mol. The molecular weight excluding hydrogens is 560 g/mol. The molecule has 0 bridgehead atoms. The second-order valence-electron chi connectivity index (χ2n) is 10.7. The van der Waals surface area contributed by atoms with E-state index < -0.39 is 96.3 Å². The first-order valence-electron chi connectivity index (χ1n) is 21.9. The lowest BCUT2D eigenvalue weighted by molar-refractivity contribution is 1.01. The van der Waals surface area contributed by atoms with Gasteiger partial charge in [0.25, 0.3) is 0 Å². The Bertz CT molecular complexity index is 3590. The van der Waals surface area contributed by atoms with Gasteiger partial charge in [-0.15, -0.1) is 0 Å². The van der Waals surface area contributed by atoms with Crippen LogP contribution in [0.25, 0.3) is 88.2 Å². The Morgan fingerprint density at radius 1 is 0.478 bits per heavy atom. The molecule has 0 amide bonds. The third-order valence-electron chi connectivity index (χ3n) is 8.21. The molecule has 0 N–H and O–H groups in total. The fourth-order valence-electron chi connectivity index (χ4n) is 6.18. The number of para-hydroxylation sites is 4. The molecule has 4 nitrogen and oxygen atoms in total. The fraction of sp³-hybridized carbons (Fsp3) is 0. The topological polar surface area (TPSA) is 35.6 Å². The van der Waals surface area contributed by atoms with E-state index in [0.717, 1.165) is 15.3 Å². The summed E-state index contributed by atoms with van der Waals surface area (Å²) in [7, 11) is 0. The summed E-state index contributed by atoms with van der Waals surface area (Å²) in [6, 6.07) is 10.9. The van der Waals surface area contributed by atoms with Crippen molar-refractivity contribution >= 4 is 65.3 Å². The summed E-state index contributed by atoms with van der Waals surface area (Å²) in [5.74, 6) is -0.132. The molecule has 46 heavy (non-hydrogen) atoms. The SMILES string of the molecule is [2H]c1c([2H])c([2H])c2c(c1[2H])c1c([2H])c(-n3c4c([2H])c([2H])c([2H])c([2H])c4c4c([2H])c([2H])c([2H])c([2H])c43)c([2H])c([2H])c1n2-c1nc(-c2ccc3ccccc3c2)c2ccccc2n1. The van der Waals surface area contributed by atoms with E-state index in [0.29, 0.717) is 22.2 Å². The molecule has 7 aromatic carbocycles. The first-order valence-corrected chi connectivity index (χ1v) is 14.4. The van der Waals surface area contributed by atoms with Crippen molar-refractivity contribution in [1.29, 1.82) is 0 Å². The molecule has 0 saturated heterocycles. The van der Waals surface area contributed by atoms with Crippen LogP contribution in [0.5, 0.6) is 0 Å². The Balaban J connectivity index is 1.42. The highest BCUT2D eigenvalue weighted by Gasteiger charge is 2.19. The molecule has 214 valence electrons. The van der Waals surface area contributed by atoms with E-state index in [1.165, 1.54) is 4.57 Å². The van der Waals surface area contributed by atoms with Crippen LogP contribution in [0.2, 0.25) is 0 Å². The molecule has 0 aliphatic heterocycles. The molecule has 0 aliphatic carbocycles. The van der Waals surface area contributed by atoms with Gasteiger partial charge in [0, 0.05) is 38.2 Å². The highest BCUT2D eigenvalue weighted by atomic mass is 15.2. The number of fused-ring (bicyclic) bond motifs is 8.